The Hall–Kier alpha value is -4.31. The number of rotatable bonds is 7. The first-order valence-electron chi connectivity index (χ1n) is 11.2. The van der Waals surface area contributed by atoms with Gasteiger partial charge in [0.1, 0.15) is 5.65 Å². The average molecular weight is 501 g/mol. The van der Waals surface area contributed by atoms with Gasteiger partial charge in [0.05, 0.1) is 23.7 Å². The second-order valence-electron chi connectivity index (χ2n) is 8.33. The van der Waals surface area contributed by atoms with Gasteiger partial charge in [0, 0.05) is 11.8 Å². The standard InChI is InChI=1S/C26H20N4O5S/c31-20(18-5-2-1-3-6-18)15-30-24(33)19-7-4-12-27-22(19)29(26(30)35)14-17-10-8-16(9-11-17)13-21-23(32)28-25(34)36-21/h1-12,21H,13-15H2,(H,28,32,34). The number of nitrogens with one attached hydrogen (secondary N) is 1. The lowest BCUT2D eigenvalue weighted by atomic mass is 10.1. The Kier molecular flexibility index (Phi) is 6.34. The number of fused-ring (bicyclic) bond motifs is 1. The molecule has 4 aromatic rings. The molecule has 1 N–H and O–H groups in total. The molecule has 0 spiro atoms. The molecule has 1 aliphatic heterocycles. The molecule has 2 amide bonds. The SMILES string of the molecule is O=C1NC(=O)C(Cc2ccc(Cn3c(=O)n(CC(=O)c4ccccc4)c(=O)c4cccnc43)cc2)S1. The van der Waals surface area contributed by atoms with Crippen LogP contribution in [0.15, 0.2) is 82.5 Å². The molecule has 2 aromatic carbocycles. The molecule has 1 saturated heterocycles. The van der Waals surface area contributed by atoms with Gasteiger partial charge in [-0.15, -0.1) is 0 Å². The lowest BCUT2D eigenvalue weighted by Crippen LogP contribution is -2.42. The predicted molar refractivity (Wildman–Crippen MR) is 135 cm³/mol. The number of thioether (sulfide) groups is 1. The number of carbonyl (C=O) groups excluding carboxylic acids is 3. The van der Waals surface area contributed by atoms with Crippen LogP contribution in [0.1, 0.15) is 21.5 Å². The van der Waals surface area contributed by atoms with E-state index in [-0.39, 0.29) is 41.1 Å². The van der Waals surface area contributed by atoms with Crippen LogP contribution in [0.2, 0.25) is 0 Å². The van der Waals surface area contributed by atoms with Gasteiger partial charge < -0.3 is 0 Å². The monoisotopic (exact) mass is 500 g/mol. The fourth-order valence-electron chi connectivity index (χ4n) is 4.09. The van der Waals surface area contributed by atoms with Crippen LogP contribution in [-0.4, -0.2) is 36.3 Å². The van der Waals surface area contributed by atoms with Gasteiger partial charge in [0.15, 0.2) is 5.78 Å². The van der Waals surface area contributed by atoms with E-state index in [0.29, 0.717) is 12.0 Å². The molecule has 10 heteroatoms. The Balaban J connectivity index is 1.46. The highest BCUT2D eigenvalue weighted by Crippen LogP contribution is 2.23. The van der Waals surface area contributed by atoms with Gasteiger partial charge in [0.2, 0.25) is 5.91 Å². The third-order valence-corrected chi connectivity index (χ3v) is 6.91. The van der Waals surface area contributed by atoms with Gasteiger partial charge in [-0.2, -0.15) is 0 Å². The predicted octanol–water partition coefficient (Wildman–Crippen LogP) is 2.38. The highest BCUT2D eigenvalue weighted by atomic mass is 32.2. The van der Waals surface area contributed by atoms with Crippen molar-refractivity contribution in [3.05, 3.63) is 110 Å². The molecule has 0 radical (unpaired) electrons. The van der Waals surface area contributed by atoms with E-state index in [1.54, 1.807) is 42.5 Å². The minimum atomic E-state index is -0.628. The molecule has 1 fully saturated rings. The number of hydrogen-bond donors (Lipinski definition) is 1. The molecule has 1 atom stereocenters. The Labute approximate surface area is 208 Å². The number of amides is 2. The smallest absolute Gasteiger partial charge is 0.292 e. The van der Waals surface area contributed by atoms with E-state index < -0.39 is 16.5 Å². The molecular weight excluding hydrogens is 480 g/mol. The summed E-state index contributed by atoms with van der Waals surface area (Å²) < 4.78 is 2.32. The van der Waals surface area contributed by atoms with E-state index in [0.717, 1.165) is 27.5 Å². The molecule has 1 aliphatic rings. The van der Waals surface area contributed by atoms with Crippen LogP contribution in [0.5, 0.6) is 0 Å². The van der Waals surface area contributed by atoms with Crippen molar-refractivity contribution in [2.24, 2.45) is 0 Å². The minimum absolute atomic E-state index is 0.129. The Morgan fingerprint density at radius 2 is 1.61 bits per heavy atom. The number of ketones is 1. The number of nitrogens with zero attached hydrogens (tertiary/aromatic N) is 3. The largest absolute Gasteiger partial charge is 0.333 e. The number of aromatic nitrogens is 3. The van der Waals surface area contributed by atoms with Crippen molar-refractivity contribution in [2.75, 3.05) is 0 Å². The maximum Gasteiger partial charge on any atom is 0.333 e. The molecule has 1 unspecified atom stereocenters. The normalized spacial score (nSPS) is 15.3. The van der Waals surface area contributed by atoms with E-state index in [9.17, 15) is 24.0 Å². The molecule has 0 aliphatic carbocycles. The molecule has 36 heavy (non-hydrogen) atoms. The molecule has 2 aromatic heterocycles. The maximum atomic E-state index is 13.4. The zero-order valence-electron chi connectivity index (χ0n) is 18.9. The van der Waals surface area contributed by atoms with Crippen LogP contribution in [0, 0.1) is 0 Å². The Morgan fingerprint density at radius 1 is 0.889 bits per heavy atom. The molecule has 0 bridgehead atoms. The quantitative estimate of drug-likeness (QED) is 0.387. The first-order valence-corrected chi connectivity index (χ1v) is 12.0. The second kappa shape index (κ2) is 9.74. The number of Topliss-reactive ketones (excluding diaryl/α,β-unsaturated/α-hetero) is 1. The Bertz CT molecular complexity index is 1610. The molecular formula is C26H20N4O5S. The van der Waals surface area contributed by atoms with E-state index in [2.05, 4.69) is 10.3 Å². The lowest BCUT2D eigenvalue weighted by Gasteiger charge is -2.14. The van der Waals surface area contributed by atoms with E-state index in [1.807, 2.05) is 24.3 Å². The van der Waals surface area contributed by atoms with Gasteiger partial charge in [-0.3, -0.25) is 33.6 Å². The zero-order chi connectivity index (χ0) is 25.2. The molecule has 0 saturated carbocycles. The van der Waals surface area contributed by atoms with Crippen LogP contribution < -0.4 is 16.6 Å². The summed E-state index contributed by atoms with van der Waals surface area (Å²) in [6.07, 6.45) is 1.91. The fourth-order valence-corrected chi connectivity index (χ4v) is 4.95. The van der Waals surface area contributed by atoms with E-state index in [1.165, 1.54) is 10.8 Å². The lowest BCUT2D eigenvalue weighted by molar-refractivity contribution is -0.118. The van der Waals surface area contributed by atoms with Crippen LogP contribution in [-0.2, 0) is 24.3 Å². The van der Waals surface area contributed by atoms with Gasteiger partial charge in [-0.25, -0.2) is 9.78 Å². The second-order valence-corrected chi connectivity index (χ2v) is 9.50. The maximum absolute atomic E-state index is 13.4. The van der Waals surface area contributed by atoms with Gasteiger partial charge in [0.25, 0.3) is 10.8 Å². The van der Waals surface area contributed by atoms with Crippen molar-refractivity contribution >= 4 is 39.7 Å². The summed E-state index contributed by atoms with van der Waals surface area (Å²) in [4.78, 5) is 66.7. The number of hydrogen-bond acceptors (Lipinski definition) is 7. The summed E-state index contributed by atoms with van der Waals surface area (Å²) in [5, 5.41) is 1.70. The van der Waals surface area contributed by atoms with Crippen molar-refractivity contribution in [3.63, 3.8) is 0 Å². The molecule has 5 rings (SSSR count). The summed E-state index contributed by atoms with van der Waals surface area (Å²) in [7, 11) is 0. The van der Waals surface area contributed by atoms with Crippen LogP contribution in [0.3, 0.4) is 0 Å². The third kappa shape index (κ3) is 4.63. The van der Waals surface area contributed by atoms with Gasteiger partial charge >= 0.3 is 5.69 Å². The topological polar surface area (TPSA) is 120 Å². The third-order valence-electron chi connectivity index (χ3n) is 5.93. The highest BCUT2D eigenvalue weighted by Gasteiger charge is 2.31. The molecule has 3 heterocycles. The number of imide groups is 1. The summed E-state index contributed by atoms with van der Waals surface area (Å²) in [5.74, 6) is -0.647. The van der Waals surface area contributed by atoms with Crippen LogP contribution >= 0.6 is 11.8 Å². The van der Waals surface area contributed by atoms with Crippen LogP contribution in [0.4, 0.5) is 4.79 Å². The first-order chi connectivity index (χ1) is 17.4. The zero-order valence-corrected chi connectivity index (χ0v) is 19.7. The van der Waals surface area contributed by atoms with Gasteiger partial charge in [-0.1, -0.05) is 66.4 Å². The summed E-state index contributed by atoms with van der Waals surface area (Å²) in [6.45, 7) is -0.255. The summed E-state index contributed by atoms with van der Waals surface area (Å²) in [5.41, 5.74) is 1.09. The molecule has 9 nitrogen and oxygen atoms in total. The number of carbonyl (C=O) groups is 3. The van der Waals surface area contributed by atoms with E-state index in [4.69, 9.17) is 0 Å². The summed E-state index contributed by atoms with van der Waals surface area (Å²) in [6, 6.07) is 19.0. The minimum Gasteiger partial charge on any atom is -0.292 e. The van der Waals surface area contributed by atoms with Crippen molar-refractivity contribution in [2.45, 2.75) is 24.8 Å². The summed E-state index contributed by atoms with van der Waals surface area (Å²) >= 11 is 0.972. The first kappa shape index (κ1) is 23.4. The van der Waals surface area contributed by atoms with Crippen molar-refractivity contribution in [1.82, 2.24) is 19.4 Å². The van der Waals surface area contributed by atoms with Gasteiger partial charge in [-0.05, 0) is 29.7 Å². The van der Waals surface area contributed by atoms with Crippen LogP contribution in [0.25, 0.3) is 11.0 Å². The number of pyridine rings is 1. The van der Waals surface area contributed by atoms with Crippen molar-refractivity contribution in [3.8, 4) is 0 Å². The highest BCUT2D eigenvalue weighted by molar-refractivity contribution is 8.15. The number of benzene rings is 2. The average Bonchev–Trinajstić information content (AvgIpc) is 3.21. The van der Waals surface area contributed by atoms with E-state index >= 15 is 0 Å². The fraction of sp³-hybridized carbons (Fsp3) is 0.154. The molecule has 180 valence electrons. The Morgan fingerprint density at radius 3 is 2.31 bits per heavy atom. The van der Waals surface area contributed by atoms with Crippen molar-refractivity contribution < 1.29 is 14.4 Å². The van der Waals surface area contributed by atoms with Crippen molar-refractivity contribution in [1.29, 1.82) is 0 Å².